The second-order valence-electron chi connectivity index (χ2n) is 5.44. The van der Waals surface area contributed by atoms with Gasteiger partial charge in [-0.1, -0.05) is 24.3 Å². The third-order valence-corrected chi connectivity index (χ3v) is 4.57. The molecule has 2 heterocycles. The van der Waals surface area contributed by atoms with Crippen LogP contribution in [-0.4, -0.2) is 29.5 Å². The first kappa shape index (κ1) is 19.6. The lowest BCUT2D eigenvalue weighted by atomic mass is 10.1. The van der Waals surface area contributed by atoms with Crippen LogP contribution in [0.15, 0.2) is 46.9 Å². The molecular formula is C18H22IN5S. The number of thiazole rings is 1. The minimum Gasteiger partial charge on any atom is -0.356 e. The number of benzene rings is 1. The van der Waals surface area contributed by atoms with Crippen molar-refractivity contribution in [1.29, 1.82) is 0 Å². The van der Waals surface area contributed by atoms with Gasteiger partial charge in [-0.2, -0.15) is 0 Å². The zero-order valence-electron chi connectivity index (χ0n) is 14.3. The average molecular weight is 467 g/mol. The number of pyridine rings is 1. The predicted octanol–water partition coefficient (Wildman–Crippen LogP) is 3.53. The molecule has 1 aromatic carbocycles. The van der Waals surface area contributed by atoms with Crippen LogP contribution < -0.4 is 10.6 Å². The van der Waals surface area contributed by atoms with E-state index in [1.54, 1.807) is 18.4 Å². The Hall–Kier alpha value is -1.74. The summed E-state index contributed by atoms with van der Waals surface area (Å²) in [7, 11) is 1.78. The molecule has 0 atom stereocenters. The Labute approximate surface area is 169 Å². The summed E-state index contributed by atoms with van der Waals surface area (Å²) < 4.78 is 0. The van der Waals surface area contributed by atoms with Crippen LogP contribution in [0.5, 0.6) is 0 Å². The van der Waals surface area contributed by atoms with Gasteiger partial charge in [0.2, 0.25) is 0 Å². The summed E-state index contributed by atoms with van der Waals surface area (Å²) in [6.45, 7) is 3.46. The molecule has 5 nitrogen and oxygen atoms in total. The molecule has 0 fully saturated rings. The number of halogens is 1. The van der Waals surface area contributed by atoms with Crippen molar-refractivity contribution in [3.8, 4) is 0 Å². The summed E-state index contributed by atoms with van der Waals surface area (Å²) in [5.41, 5.74) is 2.14. The SMILES string of the molecule is CN=C(NCCc1csc(C)n1)NCc1nccc2ccccc12.I. The van der Waals surface area contributed by atoms with Crippen molar-refractivity contribution >= 4 is 52.0 Å². The summed E-state index contributed by atoms with van der Waals surface area (Å²) in [6, 6.07) is 10.3. The van der Waals surface area contributed by atoms with Gasteiger partial charge in [0.25, 0.3) is 0 Å². The smallest absolute Gasteiger partial charge is 0.191 e. The molecule has 3 rings (SSSR count). The first-order chi connectivity index (χ1) is 11.8. The minimum absolute atomic E-state index is 0. The number of hydrogen-bond donors (Lipinski definition) is 2. The number of aromatic nitrogens is 2. The van der Waals surface area contributed by atoms with Crippen molar-refractivity contribution in [1.82, 2.24) is 20.6 Å². The Bertz CT molecular complexity index is 841. The fraction of sp³-hybridized carbons (Fsp3) is 0.278. The number of aryl methyl sites for hydroxylation is 1. The second-order valence-corrected chi connectivity index (χ2v) is 6.50. The van der Waals surface area contributed by atoms with Gasteiger partial charge in [-0.3, -0.25) is 9.98 Å². The van der Waals surface area contributed by atoms with E-state index in [1.807, 2.05) is 31.3 Å². The van der Waals surface area contributed by atoms with E-state index in [0.29, 0.717) is 6.54 Å². The van der Waals surface area contributed by atoms with E-state index in [2.05, 4.69) is 43.1 Å². The quantitative estimate of drug-likeness (QED) is 0.343. The summed E-state index contributed by atoms with van der Waals surface area (Å²) in [4.78, 5) is 13.2. The highest BCUT2D eigenvalue weighted by Gasteiger charge is 2.04. The van der Waals surface area contributed by atoms with Crippen molar-refractivity contribution in [3.05, 3.63) is 58.3 Å². The number of hydrogen-bond acceptors (Lipinski definition) is 4. The highest BCUT2D eigenvalue weighted by Crippen LogP contribution is 2.15. The van der Waals surface area contributed by atoms with Gasteiger partial charge in [0.1, 0.15) is 0 Å². The lowest BCUT2D eigenvalue weighted by Gasteiger charge is -2.12. The predicted molar refractivity (Wildman–Crippen MR) is 116 cm³/mol. The summed E-state index contributed by atoms with van der Waals surface area (Å²) in [5.74, 6) is 0.775. The van der Waals surface area contributed by atoms with Gasteiger partial charge in [0, 0.05) is 37.0 Å². The number of nitrogens with zero attached hydrogens (tertiary/aromatic N) is 3. The molecule has 0 bridgehead atoms. The molecule has 0 aliphatic rings. The molecule has 2 aromatic heterocycles. The fourth-order valence-electron chi connectivity index (χ4n) is 2.54. The molecule has 0 spiro atoms. The van der Waals surface area contributed by atoms with E-state index >= 15 is 0 Å². The number of nitrogens with one attached hydrogen (secondary N) is 2. The van der Waals surface area contributed by atoms with Gasteiger partial charge in [-0.15, -0.1) is 35.3 Å². The van der Waals surface area contributed by atoms with Crippen LogP contribution >= 0.6 is 35.3 Å². The van der Waals surface area contributed by atoms with Crippen LogP contribution in [0.1, 0.15) is 16.4 Å². The fourth-order valence-corrected chi connectivity index (χ4v) is 3.19. The number of guanidine groups is 1. The third-order valence-electron chi connectivity index (χ3n) is 3.74. The number of fused-ring (bicyclic) bond motifs is 1. The molecule has 2 N–H and O–H groups in total. The van der Waals surface area contributed by atoms with Crippen LogP contribution in [0.4, 0.5) is 0 Å². The highest BCUT2D eigenvalue weighted by atomic mass is 127. The van der Waals surface area contributed by atoms with E-state index in [-0.39, 0.29) is 24.0 Å². The molecule has 0 aliphatic heterocycles. The number of aliphatic imine (C=N–C) groups is 1. The maximum atomic E-state index is 4.49. The number of rotatable bonds is 5. The molecule has 0 saturated heterocycles. The van der Waals surface area contributed by atoms with Crippen molar-refractivity contribution in [3.63, 3.8) is 0 Å². The Balaban J connectivity index is 0.00000225. The van der Waals surface area contributed by atoms with E-state index in [0.717, 1.165) is 35.3 Å². The molecule has 0 radical (unpaired) electrons. The monoisotopic (exact) mass is 467 g/mol. The second kappa shape index (κ2) is 9.67. The molecule has 0 unspecified atom stereocenters. The Morgan fingerprint density at radius 1 is 1.20 bits per heavy atom. The highest BCUT2D eigenvalue weighted by molar-refractivity contribution is 14.0. The normalized spacial score (nSPS) is 11.2. The maximum Gasteiger partial charge on any atom is 0.191 e. The van der Waals surface area contributed by atoms with Crippen molar-refractivity contribution in [2.75, 3.05) is 13.6 Å². The standard InChI is InChI=1S/C18H21N5S.HI/c1-13-23-15(12-24-13)8-10-21-18(19-2)22-11-17-16-6-4-3-5-14(16)7-9-20-17;/h3-7,9,12H,8,10-11H2,1-2H3,(H2,19,21,22);1H. The minimum atomic E-state index is 0. The lowest BCUT2D eigenvalue weighted by molar-refractivity contribution is 0.779. The maximum absolute atomic E-state index is 4.49. The van der Waals surface area contributed by atoms with Crippen LogP contribution in [-0.2, 0) is 13.0 Å². The summed E-state index contributed by atoms with van der Waals surface area (Å²) >= 11 is 1.68. The zero-order chi connectivity index (χ0) is 16.8. The first-order valence-electron chi connectivity index (χ1n) is 7.94. The van der Waals surface area contributed by atoms with E-state index in [9.17, 15) is 0 Å². The topological polar surface area (TPSA) is 62.2 Å². The molecular weight excluding hydrogens is 445 g/mol. The molecule has 3 aromatic rings. The Kier molecular flexibility index (Phi) is 7.57. The zero-order valence-corrected chi connectivity index (χ0v) is 17.5. The van der Waals surface area contributed by atoms with Crippen molar-refractivity contribution in [2.24, 2.45) is 4.99 Å². The van der Waals surface area contributed by atoms with Crippen molar-refractivity contribution < 1.29 is 0 Å². The van der Waals surface area contributed by atoms with Crippen LogP contribution in [0.25, 0.3) is 10.8 Å². The van der Waals surface area contributed by atoms with Crippen LogP contribution in [0.2, 0.25) is 0 Å². The summed E-state index contributed by atoms with van der Waals surface area (Å²) in [5, 5.41) is 12.2. The molecule has 7 heteroatoms. The van der Waals surface area contributed by atoms with Gasteiger partial charge in [-0.25, -0.2) is 4.98 Å². The van der Waals surface area contributed by atoms with E-state index in [4.69, 9.17) is 0 Å². The van der Waals surface area contributed by atoms with Gasteiger partial charge in [0.05, 0.1) is 22.9 Å². The largest absolute Gasteiger partial charge is 0.356 e. The molecule has 0 amide bonds. The summed E-state index contributed by atoms with van der Waals surface area (Å²) in [6.07, 6.45) is 2.73. The van der Waals surface area contributed by atoms with Gasteiger partial charge in [0.15, 0.2) is 5.96 Å². The Morgan fingerprint density at radius 3 is 2.80 bits per heavy atom. The molecule has 132 valence electrons. The molecule has 0 aliphatic carbocycles. The van der Waals surface area contributed by atoms with E-state index in [1.165, 1.54) is 10.8 Å². The van der Waals surface area contributed by atoms with E-state index < -0.39 is 0 Å². The third kappa shape index (κ3) is 5.37. The van der Waals surface area contributed by atoms with Crippen molar-refractivity contribution in [2.45, 2.75) is 19.9 Å². The van der Waals surface area contributed by atoms with Crippen LogP contribution in [0.3, 0.4) is 0 Å². The first-order valence-corrected chi connectivity index (χ1v) is 8.82. The Morgan fingerprint density at radius 2 is 2.04 bits per heavy atom. The molecule has 0 saturated carbocycles. The molecule has 25 heavy (non-hydrogen) atoms. The van der Waals surface area contributed by atoms with Crippen LogP contribution in [0, 0.1) is 6.92 Å². The average Bonchev–Trinajstić information content (AvgIpc) is 3.03. The van der Waals surface area contributed by atoms with Gasteiger partial charge in [-0.05, 0) is 18.4 Å². The lowest BCUT2D eigenvalue weighted by Crippen LogP contribution is -2.38. The van der Waals surface area contributed by atoms with Gasteiger partial charge >= 0.3 is 0 Å². The van der Waals surface area contributed by atoms with Gasteiger partial charge < -0.3 is 10.6 Å².